The molecule has 0 atom stereocenters. The maximum absolute atomic E-state index is 12.2. The zero-order valence-corrected chi connectivity index (χ0v) is 15.1. The van der Waals surface area contributed by atoms with Crippen molar-refractivity contribution in [3.05, 3.63) is 58.1 Å². The molecule has 5 nitrogen and oxygen atoms in total. The summed E-state index contributed by atoms with van der Waals surface area (Å²) in [4.78, 5) is 26.2. The molecule has 0 aliphatic rings. The van der Waals surface area contributed by atoms with Gasteiger partial charge in [-0.1, -0.05) is 15.9 Å². The summed E-state index contributed by atoms with van der Waals surface area (Å²) in [6, 6.07) is 11.3. The lowest BCUT2D eigenvalue weighted by Crippen LogP contribution is -2.30. The Hall–Kier alpha value is -2.34. The molecule has 0 saturated carbocycles. The molecule has 0 spiro atoms. The number of anilines is 1. The molecule has 0 aliphatic carbocycles. The molecule has 0 aromatic heterocycles. The van der Waals surface area contributed by atoms with Crippen LogP contribution in [0.3, 0.4) is 0 Å². The van der Waals surface area contributed by atoms with Gasteiger partial charge in [0.05, 0.1) is 5.56 Å². The van der Waals surface area contributed by atoms with Crippen molar-refractivity contribution >= 4 is 33.4 Å². The summed E-state index contributed by atoms with van der Waals surface area (Å²) in [6.07, 6.45) is 0. The predicted molar refractivity (Wildman–Crippen MR) is 97.5 cm³/mol. The van der Waals surface area contributed by atoms with E-state index in [1.165, 1.54) is 6.07 Å². The SMILES string of the molecule is CCN(CC)C(=O)c1ccc(NC(=O)c2cc(Br)ccc2O)cc1. The fourth-order valence-corrected chi connectivity index (χ4v) is 2.64. The molecule has 2 aromatic carbocycles. The van der Waals surface area contributed by atoms with Crippen molar-refractivity contribution in [2.24, 2.45) is 0 Å². The second-order valence-electron chi connectivity index (χ2n) is 5.17. The molecule has 0 heterocycles. The van der Waals surface area contributed by atoms with Crippen LogP contribution in [0.4, 0.5) is 5.69 Å². The second-order valence-corrected chi connectivity index (χ2v) is 6.09. The maximum atomic E-state index is 12.2. The van der Waals surface area contributed by atoms with Gasteiger partial charge in [0.2, 0.25) is 0 Å². The topological polar surface area (TPSA) is 69.6 Å². The van der Waals surface area contributed by atoms with E-state index in [0.717, 1.165) is 0 Å². The molecule has 0 radical (unpaired) electrons. The van der Waals surface area contributed by atoms with Crippen LogP contribution in [-0.2, 0) is 0 Å². The van der Waals surface area contributed by atoms with E-state index in [4.69, 9.17) is 0 Å². The molecular formula is C18H19BrN2O3. The van der Waals surface area contributed by atoms with Gasteiger partial charge in [-0.2, -0.15) is 0 Å². The first kappa shape index (κ1) is 18.0. The van der Waals surface area contributed by atoms with Crippen LogP contribution in [0.2, 0.25) is 0 Å². The number of phenolic OH excluding ortho intramolecular Hbond substituents is 1. The van der Waals surface area contributed by atoms with Gasteiger partial charge in [-0.3, -0.25) is 9.59 Å². The number of carbonyl (C=O) groups excluding carboxylic acids is 2. The molecule has 0 aliphatic heterocycles. The average molecular weight is 391 g/mol. The quantitative estimate of drug-likeness (QED) is 0.813. The highest BCUT2D eigenvalue weighted by molar-refractivity contribution is 9.10. The van der Waals surface area contributed by atoms with Gasteiger partial charge in [-0.15, -0.1) is 0 Å². The number of rotatable bonds is 5. The van der Waals surface area contributed by atoms with E-state index < -0.39 is 5.91 Å². The Morgan fingerprint density at radius 2 is 1.71 bits per heavy atom. The molecule has 6 heteroatoms. The van der Waals surface area contributed by atoms with Crippen LogP contribution in [0.5, 0.6) is 5.75 Å². The minimum atomic E-state index is -0.420. The van der Waals surface area contributed by atoms with E-state index in [1.54, 1.807) is 41.3 Å². The summed E-state index contributed by atoms with van der Waals surface area (Å²) in [5, 5.41) is 12.5. The van der Waals surface area contributed by atoms with E-state index in [1.807, 2.05) is 13.8 Å². The standard InChI is InChI=1S/C18H19BrN2O3/c1-3-21(4-2)18(24)12-5-8-14(9-6-12)20-17(23)15-11-13(19)7-10-16(15)22/h5-11,22H,3-4H2,1-2H3,(H,20,23). The third kappa shape index (κ3) is 4.14. The zero-order chi connectivity index (χ0) is 17.7. The first-order chi connectivity index (χ1) is 11.5. The molecule has 0 bridgehead atoms. The maximum Gasteiger partial charge on any atom is 0.259 e. The van der Waals surface area contributed by atoms with E-state index in [9.17, 15) is 14.7 Å². The van der Waals surface area contributed by atoms with Crippen LogP contribution in [0.1, 0.15) is 34.6 Å². The highest BCUT2D eigenvalue weighted by Gasteiger charge is 2.14. The lowest BCUT2D eigenvalue weighted by Gasteiger charge is -2.18. The first-order valence-electron chi connectivity index (χ1n) is 7.65. The molecule has 2 N–H and O–H groups in total. The predicted octanol–water partition coefficient (Wildman–Crippen LogP) is 3.89. The van der Waals surface area contributed by atoms with Crippen molar-refractivity contribution in [2.75, 3.05) is 18.4 Å². The number of hydrogen-bond donors (Lipinski definition) is 2. The number of hydrogen-bond acceptors (Lipinski definition) is 3. The molecule has 2 amide bonds. The van der Waals surface area contributed by atoms with Crippen LogP contribution in [-0.4, -0.2) is 34.9 Å². The van der Waals surface area contributed by atoms with Gasteiger partial charge >= 0.3 is 0 Å². The molecule has 126 valence electrons. The Morgan fingerprint density at radius 1 is 1.08 bits per heavy atom. The molecule has 0 saturated heterocycles. The van der Waals surface area contributed by atoms with Crippen LogP contribution in [0.15, 0.2) is 46.9 Å². The minimum absolute atomic E-state index is 0.0393. The summed E-state index contributed by atoms with van der Waals surface area (Å²) in [7, 11) is 0. The van der Waals surface area contributed by atoms with Crippen LogP contribution >= 0.6 is 15.9 Å². The Kier molecular flexibility index (Phi) is 5.98. The van der Waals surface area contributed by atoms with Crippen molar-refractivity contribution in [3.63, 3.8) is 0 Å². The van der Waals surface area contributed by atoms with Crippen molar-refractivity contribution in [1.29, 1.82) is 0 Å². The Bertz CT molecular complexity index is 740. The highest BCUT2D eigenvalue weighted by atomic mass is 79.9. The third-order valence-corrected chi connectivity index (χ3v) is 4.14. The smallest absolute Gasteiger partial charge is 0.259 e. The lowest BCUT2D eigenvalue weighted by molar-refractivity contribution is 0.0773. The van der Waals surface area contributed by atoms with Gasteiger partial charge in [0.25, 0.3) is 11.8 Å². The molecular weight excluding hydrogens is 372 g/mol. The fourth-order valence-electron chi connectivity index (χ4n) is 2.28. The van der Waals surface area contributed by atoms with Crippen molar-refractivity contribution in [1.82, 2.24) is 4.90 Å². The second kappa shape index (κ2) is 7.97. The van der Waals surface area contributed by atoms with Gasteiger partial charge in [-0.25, -0.2) is 0 Å². The van der Waals surface area contributed by atoms with Gasteiger partial charge in [0.15, 0.2) is 0 Å². The third-order valence-electron chi connectivity index (χ3n) is 3.64. The number of amides is 2. The number of nitrogens with zero attached hydrogens (tertiary/aromatic N) is 1. The number of halogens is 1. The van der Waals surface area contributed by atoms with E-state index in [-0.39, 0.29) is 17.2 Å². The zero-order valence-electron chi connectivity index (χ0n) is 13.5. The average Bonchev–Trinajstić information content (AvgIpc) is 2.58. The van der Waals surface area contributed by atoms with Gasteiger partial charge in [-0.05, 0) is 56.3 Å². The molecule has 0 unspecified atom stereocenters. The monoisotopic (exact) mass is 390 g/mol. The Morgan fingerprint density at radius 3 is 2.29 bits per heavy atom. The summed E-state index contributed by atoms with van der Waals surface area (Å²) < 4.78 is 0.700. The number of carbonyl (C=O) groups is 2. The van der Waals surface area contributed by atoms with Crippen molar-refractivity contribution in [2.45, 2.75) is 13.8 Å². The van der Waals surface area contributed by atoms with E-state index in [0.29, 0.717) is 28.8 Å². The number of phenols is 1. The summed E-state index contributed by atoms with van der Waals surface area (Å²) >= 11 is 3.27. The first-order valence-corrected chi connectivity index (χ1v) is 8.44. The van der Waals surface area contributed by atoms with Gasteiger partial charge in [0.1, 0.15) is 5.75 Å². The highest BCUT2D eigenvalue weighted by Crippen LogP contribution is 2.23. The Labute approximate surface area is 149 Å². The fraction of sp³-hybridized carbons (Fsp3) is 0.222. The van der Waals surface area contributed by atoms with Crippen molar-refractivity contribution < 1.29 is 14.7 Å². The van der Waals surface area contributed by atoms with Crippen LogP contribution < -0.4 is 5.32 Å². The van der Waals surface area contributed by atoms with Gasteiger partial charge < -0.3 is 15.3 Å². The minimum Gasteiger partial charge on any atom is -0.507 e. The normalized spacial score (nSPS) is 10.3. The molecule has 2 rings (SSSR count). The summed E-state index contributed by atoms with van der Waals surface area (Å²) in [5.74, 6) is -0.553. The van der Waals surface area contributed by atoms with E-state index >= 15 is 0 Å². The number of benzene rings is 2. The number of aromatic hydroxyl groups is 1. The number of nitrogens with one attached hydrogen (secondary N) is 1. The van der Waals surface area contributed by atoms with E-state index in [2.05, 4.69) is 21.2 Å². The largest absolute Gasteiger partial charge is 0.507 e. The lowest BCUT2D eigenvalue weighted by atomic mass is 10.1. The van der Waals surface area contributed by atoms with Gasteiger partial charge in [0, 0.05) is 28.8 Å². The van der Waals surface area contributed by atoms with Crippen LogP contribution in [0.25, 0.3) is 0 Å². The molecule has 0 fully saturated rings. The summed E-state index contributed by atoms with van der Waals surface area (Å²) in [5.41, 5.74) is 1.30. The molecule has 2 aromatic rings. The van der Waals surface area contributed by atoms with Crippen molar-refractivity contribution in [3.8, 4) is 5.75 Å². The Balaban J connectivity index is 2.13. The molecule has 24 heavy (non-hydrogen) atoms. The van der Waals surface area contributed by atoms with Crippen LogP contribution in [0, 0.1) is 0 Å². The summed E-state index contributed by atoms with van der Waals surface area (Å²) in [6.45, 7) is 5.16.